The van der Waals surface area contributed by atoms with Crippen molar-refractivity contribution in [2.45, 2.75) is 6.92 Å². The molecule has 20 heavy (non-hydrogen) atoms. The number of hydrogen-bond acceptors (Lipinski definition) is 2. The van der Waals surface area contributed by atoms with Crippen LogP contribution in [0.3, 0.4) is 0 Å². The lowest BCUT2D eigenvalue weighted by atomic mass is 10.0. The first kappa shape index (κ1) is 11.6. The largest absolute Gasteiger partial charge is 0.250 e. The summed E-state index contributed by atoms with van der Waals surface area (Å²) in [5, 5.41) is 4.76. The minimum Gasteiger partial charge on any atom is -0.250 e. The van der Waals surface area contributed by atoms with E-state index in [1.54, 1.807) is 0 Å². The Morgan fingerprint density at radius 3 is 1.90 bits per heavy atom. The molecule has 0 amide bonds. The van der Waals surface area contributed by atoms with Gasteiger partial charge in [0.05, 0.1) is 11.0 Å². The molecule has 4 rings (SSSR count). The van der Waals surface area contributed by atoms with Gasteiger partial charge < -0.3 is 0 Å². The molecular formula is C17H11ClN2. The Morgan fingerprint density at radius 2 is 1.20 bits per heavy atom. The Bertz CT molecular complexity index is 896. The van der Waals surface area contributed by atoms with E-state index in [-0.39, 0.29) is 0 Å². The van der Waals surface area contributed by atoms with Gasteiger partial charge in [0.1, 0.15) is 5.15 Å². The van der Waals surface area contributed by atoms with Crippen LogP contribution in [0.1, 0.15) is 5.69 Å². The van der Waals surface area contributed by atoms with Crippen molar-refractivity contribution in [1.29, 1.82) is 0 Å². The van der Waals surface area contributed by atoms with Crippen molar-refractivity contribution < 1.29 is 0 Å². The van der Waals surface area contributed by atoms with Gasteiger partial charge in [-0.2, -0.15) is 0 Å². The Labute approximate surface area is 121 Å². The second kappa shape index (κ2) is 4.15. The van der Waals surface area contributed by atoms with E-state index in [1.165, 1.54) is 0 Å². The van der Waals surface area contributed by atoms with Gasteiger partial charge in [-0.3, -0.25) is 4.98 Å². The summed E-state index contributed by atoms with van der Waals surface area (Å²) in [7, 11) is 0. The van der Waals surface area contributed by atoms with E-state index in [2.05, 4.69) is 17.1 Å². The van der Waals surface area contributed by atoms with Crippen LogP contribution in [0.15, 0.2) is 48.5 Å². The molecule has 0 radical (unpaired) electrons. The lowest BCUT2D eigenvalue weighted by molar-refractivity contribution is 1.28. The van der Waals surface area contributed by atoms with Crippen molar-refractivity contribution in [3.63, 3.8) is 0 Å². The SMILES string of the molecule is Cc1nc2c3ccccc3c(Cl)nc2c2ccccc12. The molecule has 0 bridgehead atoms. The molecule has 4 aromatic rings. The van der Waals surface area contributed by atoms with Gasteiger partial charge in [-0.15, -0.1) is 0 Å². The van der Waals surface area contributed by atoms with Gasteiger partial charge in [0.15, 0.2) is 0 Å². The van der Waals surface area contributed by atoms with Crippen LogP contribution in [0.5, 0.6) is 0 Å². The Hall–Kier alpha value is -2.19. The van der Waals surface area contributed by atoms with Crippen LogP contribution in [0.25, 0.3) is 32.6 Å². The van der Waals surface area contributed by atoms with Crippen LogP contribution >= 0.6 is 11.6 Å². The van der Waals surface area contributed by atoms with Gasteiger partial charge in [-0.05, 0) is 6.92 Å². The van der Waals surface area contributed by atoms with Crippen LogP contribution in [0, 0.1) is 6.92 Å². The summed E-state index contributed by atoms with van der Waals surface area (Å²) in [5.41, 5.74) is 2.80. The van der Waals surface area contributed by atoms with Crippen molar-refractivity contribution in [3.8, 4) is 0 Å². The van der Waals surface area contributed by atoms with Crippen LogP contribution in [-0.4, -0.2) is 9.97 Å². The standard InChI is InChI=1S/C17H11ClN2/c1-10-11-6-2-3-7-12(11)16-15(19-10)13-8-4-5-9-14(13)17(18)20-16/h2-9H,1H3. The highest BCUT2D eigenvalue weighted by Crippen LogP contribution is 2.32. The number of fused-ring (bicyclic) bond motifs is 5. The number of pyridine rings is 2. The molecule has 0 saturated carbocycles. The summed E-state index contributed by atoms with van der Waals surface area (Å²) in [6.45, 7) is 2.03. The molecule has 0 atom stereocenters. The van der Waals surface area contributed by atoms with Crippen molar-refractivity contribution >= 4 is 44.2 Å². The maximum Gasteiger partial charge on any atom is 0.137 e. The molecule has 2 heterocycles. The number of nitrogens with zero attached hydrogens (tertiary/aromatic N) is 2. The van der Waals surface area contributed by atoms with Gasteiger partial charge in [-0.25, -0.2) is 4.98 Å². The smallest absolute Gasteiger partial charge is 0.137 e. The first-order valence-corrected chi connectivity index (χ1v) is 6.87. The zero-order valence-corrected chi connectivity index (χ0v) is 11.6. The van der Waals surface area contributed by atoms with Crippen molar-refractivity contribution in [2.75, 3.05) is 0 Å². The predicted molar refractivity (Wildman–Crippen MR) is 84.3 cm³/mol. The molecule has 0 saturated heterocycles. The van der Waals surface area contributed by atoms with E-state index < -0.39 is 0 Å². The molecule has 0 aliphatic heterocycles. The third kappa shape index (κ3) is 1.52. The average molecular weight is 279 g/mol. The average Bonchev–Trinajstić information content (AvgIpc) is 2.49. The number of benzene rings is 2. The number of hydrogen-bond donors (Lipinski definition) is 0. The summed E-state index contributed by atoms with van der Waals surface area (Å²) >= 11 is 6.34. The highest BCUT2D eigenvalue weighted by Gasteiger charge is 2.11. The fourth-order valence-electron chi connectivity index (χ4n) is 2.74. The Morgan fingerprint density at radius 1 is 0.700 bits per heavy atom. The van der Waals surface area contributed by atoms with Gasteiger partial charge in [-0.1, -0.05) is 60.1 Å². The lowest BCUT2D eigenvalue weighted by Gasteiger charge is -2.09. The monoisotopic (exact) mass is 278 g/mol. The molecule has 0 aliphatic carbocycles. The first-order valence-electron chi connectivity index (χ1n) is 6.49. The maximum absolute atomic E-state index is 6.34. The normalized spacial score (nSPS) is 11.5. The molecule has 96 valence electrons. The van der Waals surface area contributed by atoms with Crippen molar-refractivity contribution in [3.05, 3.63) is 59.4 Å². The van der Waals surface area contributed by atoms with Crippen LogP contribution < -0.4 is 0 Å². The second-order valence-corrected chi connectivity index (χ2v) is 5.25. The quantitative estimate of drug-likeness (QED) is 0.338. The molecule has 0 fully saturated rings. The summed E-state index contributed by atoms with van der Waals surface area (Å²) < 4.78 is 0. The molecule has 0 unspecified atom stereocenters. The molecule has 2 nitrogen and oxygen atoms in total. The Balaban J connectivity index is 2.36. The summed E-state index contributed by atoms with van der Waals surface area (Å²) in [5.74, 6) is 0. The van der Waals surface area contributed by atoms with E-state index in [1.807, 2.05) is 43.3 Å². The van der Waals surface area contributed by atoms with Gasteiger partial charge in [0, 0.05) is 27.2 Å². The fourth-order valence-corrected chi connectivity index (χ4v) is 2.99. The number of aromatic nitrogens is 2. The van der Waals surface area contributed by atoms with E-state index in [9.17, 15) is 0 Å². The minimum absolute atomic E-state index is 0.531. The molecule has 3 heteroatoms. The van der Waals surface area contributed by atoms with Gasteiger partial charge in [0.2, 0.25) is 0 Å². The second-order valence-electron chi connectivity index (χ2n) is 4.89. The molecule has 0 N–H and O–H groups in total. The molecule has 2 aromatic heterocycles. The van der Waals surface area contributed by atoms with E-state index in [0.717, 1.165) is 38.3 Å². The minimum atomic E-state index is 0.531. The summed E-state index contributed by atoms with van der Waals surface area (Å²) in [6.07, 6.45) is 0. The first-order chi connectivity index (χ1) is 9.75. The van der Waals surface area contributed by atoms with Crippen molar-refractivity contribution in [1.82, 2.24) is 9.97 Å². The predicted octanol–water partition coefficient (Wildman–Crippen LogP) is 4.90. The third-order valence-corrected chi connectivity index (χ3v) is 3.98. The highest BCUT2D eigenvalue weighted by molar-refractivity contribution is 6.36. The van der Waals surface area contributed by atoms with Gasteiger partial charge in [0.25, 0.3) is 0 Å². The van der Waals surface area contributed by atoms with E-state index in [4.69, 9.17) is 16.6 Å². The highest BCUT2D eigenvalue weighted by atomic mass is 35.5. The summed E-state index contributed by atoms with van der Waals surface area (Å²) in [6, 6.07) is 16.2. The van der Waals surface area contributed by atoms with E-state index in [0.29, 0.717) is 5.15 Å². The van der Waals surface area contributed by atoms with Crippen molar-refractivity contribution in [2.24, 2.45) is 0 Å². The van der Waals surface area contributed by atoms with Gasteiger partial charge >= 0.3 is 0 Å². The lowest BCUT2D eigenvalue weighted by Crippen LogP contribution is -1.92. The zero-order valence-electron chi connectivity index (χ0n) is 10.9. The zero-order chi connectivity index (χ0) is 13.7. The molecule has 0 spiro atoms. The third-order valence-electron chi connectivity index (χ3n) is 3.69. The number of halogens is 1. The Kier molecular flexibility index (Phi) is 2.41. The summed E-state index contributed by atoms with van der Waals surface area (Å²) in [4.78, 5) is 9.33. The van der Waals surface area contributed by atoms with E-state index >= 15 is 0 Å². The topological polar surface area (TPSA) is 25.8 Å². The molecular weight excluding hydrogens is 268 g/mol. The maximum atomic E-state index is 6.34. The number of rotatable bonds is 0. The number of aryl methyl sites for hydroxylation is 1. The molecule has 2 aromatic carbocycles. The van der Waals surface area contributed by atoms with Crippen LogP contribution in [-0.2, 0) is 0 Å². The molecule has 0 aliphatic rings. The van der Waals surface area contributed by atoms with Crippen LogP contribution in [0.4, 0.5) is 0 Å². The fraction of sp³-hybridized carbons (Fsp3) is 0.0588. The van der Waals surface area contributed by atoms with Crippen LogP contribution in [0.2, 0.25) is 5.15 Å².